The van der Waals surface area contributed by atoms with E-state index in [1.54, 1.807) is 0 Å². The van der Waals surface area contributed by atoms with Gasteiger partial charge in [-0.05, 0) is 28.2 Å². The molecule has 0 aliphatic heterocycles. The average Bonchev–Trinajstić information content (AvgIpc) is 2.29. The summed E-state index contributed by atoms with van der Waals surface area (Å²) in [4.78, 5) is 24.5. The summed E-state index contributed by atoms with van der Waals surface area (Å²) in [5, 5.41) is 10.8. The van der Waals surface area contributed by atoms with Crippen molar-refractivity contribution in [2.45, 2.75) is 12.8 Å². The fourth-order valence-corrected chi connectivity index (χ4v) is 1.94. The van der Waals surface area contributed by atoms with Crippen molar-refractivity contribution in [3.8, 4) is 0 Å². The average molecular weight is 372 g/mol. The Morgan fingerprint density at radius 3 is 2.72 bits per heavy atom. The SMILES string of the molecule is COC(=O)Cc1cnc(I)c([N+](=O)[O-])c1C(F)F. The Labute approximate surface area is 114 Å². The third-order valence-electron chi connectivity index (χ3n) is 2.09. The molecule has 0 aliphatic carbocycles. The standard InChI is InChI=1S/C9H7F2IN2O4/c1-18-5(15)2-4-3-13-9(12)7(14(16)17)6(4)8(10)11/h3,8H,2H2,1H3. The van der Waals surface area contributed by atoms with Gasteiger partial charge in [-0.25, -0.2) is 13.8 Å². The van der Waals surface area contributed by atoms with E-state index >= 15 is 0 Å². The highest BCUT2D eigenvalue weighted by molar-refractivity contribution is 14.1. The predicted octanol–water partition coefficient (Wildman–Crippen LogP) is 2.25. The number of nitro groups is 1. The van der Waals surface area contributed by atoms with Gasteiger partial charge in [0.05, 0.1) is 18.5 Å². The van der Waals surface area contributed by atoms with Crippen molar-refractivity contribution in [1.29, 1.82) is 0 Å². The van der Waals surface area contributed by atoms with Gasteiger partial charge < -0.3 is 4.74 Å². The van der Waals surface area contributed by atoms with E-state index in [-0.39, 0.29) is 9.26 Å². The molecule has 0 atom stereocenters. The van der Waals surface area contributed by atoms with Gasteiger partial charge >= 0.3 is 11.7 Å². The molecule has 0 unspecified atom stereocenters. The van der Waals surface area contributed by atoms with Crippen molar-refractivity contribution >= 4 is 34.2 Å². The number of alkyl halides is 2. The number of nitrogens with zero attached hydrogens (tertiary/aromatic N) is 2. The molecular weight excluding hydrogens is 365 g/mol. The van der Waals surface area contributed by atoms with Crippen LogP contribution in [0.25, 0.3) is 0 Å². The van der Waals surface area contributed by atoms with Crippen LogP contribution in [0.3, 0.4) is 0 Å². The van der Waals surface area contributed by atoms with Crippen LogP contribution in [0.1, 0.15) is 17.6 Å². The molecule has 0 saturated heterocycles. The Bertz CT molecular complexity index is 496. The minimum absolute atomic E-state index is 0.151. The summed E-state index contributed by atoms with van der Waals surface area (Å²) in [7, 11) is 1.10. The normalized spacial score (nSPS) is 10.5. The molecule has 18 heavy (non-hydrogen) atoms. The van der Waals surface area contributed by atoms with Gasteiger partial charge in [0.25, 0.3) is 6.43 Å². The van der Waals surface area contributed by atoms with Crippen molar-refractivity contribution in [2.75, 3.05) is 7.11 Å². The number of aromatic nitrogens is 1. The number of halogens is 3. The zero-order valence-electron chi connectivity index (χ0n) is 9.02. The van der Waals surface area contributed by atoms with Gasteiger partial charge in [0, 0.05) is 6.20 Å². The molecule has 1 rings (SSSR count). The maximum atomic E-state index is 12.9. The fraction of sp³-hybridized carbons (Fsp3) is 0.333. The summed E-state index contributed by atoms with van der Waals surface area (Å²) in [5.41, 5.74) is -1.76. The van der Waals surface area contributed by atoms with Crippen LogP contribution < -0.4 is 0 Å². The number of pyridine rings is 1. The number of esters is 1. The lowest BCUT2D eigenvalue weighted by Gasteiger charge is -2.09. The van der Waals surface area contributed by atoms with Crippen LogP contribution in [0.4, 0.5) is 14.5 Å². The molecule has 0 radical (unpaired) electrons. The van der Waals surface area contributed by atoms with Crippen molar-refractivity contribution < 1.29 is 23.2 Å². The molecule has 0 amide bonds. The number of rotatable bonds is 4. The number of ether oxygens (including phenoxy) is 1. The Hall–Kier alpha value is -1.39. The first kappa shape index (κ1) is 14.7. The summed E-state index contributed by atoms with van der Waals surface area (Å²) in [6.45, 7) is 0. The molecule has 1 heterocycles. The van der Waals surface area contributed by atoms with E-state index in [0.717, 1.165) is 13.3 Å². The van der Waals surface area contributed by atoms with Gasteiger partial charge in [0.15, 0.2) is 3.70 Å². The zero-order chi connectivity index (χ0) is 13.9. The lowest BCUT2D eigenvalue weighted by Crippen LogP contribution is -2.11. The van der Waals surface area contributed by atoms with Crippen LogP contribution in [-0.4, -0.2) is 23.0 Å². The molecule has 0 bridgehead atoms. The van der Waals surface area contributed by atoms with E-state index in [2.05, 4.69) is 9.72 Å². The third-order valence-corrected chi connectivity index (χ3v) is 2.88. The summed E-state index contributed by atoms with van der Waals surface area (Å²) >= 11 is 1.49. The lowest BCUT2D eigenvalue weighted by molar-refractivity contribution is -0.387. The van der Waals surface area contributed by atoms with E-state index in [4.69, 9.17) is 0 Å². The third kappa shape index (κ3) is 3.09. The molecular formula is C9H7F2IN2O4. The Balaban J connectivity index is 3.39. The minimum Gasteiger partial charge on any atom is -0.469 e. The molecule has 1 aromatic heterocycles. The van der Waals surface area contributed by atoms with E-state index in [1.807, 2.05) is 0 Å². The molecule has 0 aliphatic rings. The van der Waals surface area contributed by atoms with Crippen LogP contribution in [0, 0.1) is 13.8 Å². The maximum Gasteiger partial charge on any atom is 0.310 e. The molecule has 9 heteroatoms. The topological polar surface area (TPSA) is 82.3 Å². The molecule has 0 fully saturated rings. The van der Waals surface area contributed by atoms with Crippen LogP contribution in [-0.2, 0) is 16.0 Å². The highest BCUT2D eigenvalue weighted by atomic mass is 127. The number of hydrogen-bond acceptors (Lipinski definition) is 5. The smallest absolute Gasteiger partial charge is 0.310 e. The fourth-order valence-electron chi connectivity index (χ4n) is 1.31. The predicted molar refractivity (Wildman–Crippen MR) is 64.3 cm³/mol. The van der Waals surface area contributed by atoms with Crippen LogP contribution in [0.5, 0.6) is 0 Å². The van der Waals surface area contributed by atoms with Crippen molar-refractivity contribution in [3.05, 3.63) is 31.1 Å². The van der Waals surface area contributed by atoms with E-state index in [9.17, 15) is 23.7 Å². The molecule has 0 saturated carbocycles. The van der Waals surface area contributed by atoms with Crippen LogP contribution in [0.15, 0.2) is 6.20 Å². The van der Waals surface area contributed by atoms with Gasteiger partial charge in [-0.15, -0.1) is 0 Å². The van der Waals surface area contributed by atoms with Gasteiger partial charge in [0.1, 0.15) is 5.56 Å². The zero-order valence-corrected chi connectivity index (χ0v) is 11.2. The van der Waals surface area contributed by atoms with E-state index in [0.29, 0.717) is 0 Å². The highest BCUT2D eigenvalue weighted by Gasteiger charge is 2.30. The van der Waals surface area contributed by atoms with E-state index in [1.165, 1.54) is 22.6 Å². The quantitative estimate of drug-likeness (QED) is 0.266. The summed E-state index contributed by atoms with van der Waals surface area (Å²) in [5.74, 6) is -0.769. The lowest BCUT2D eigenvalue weighted by atomic mass is 10.1. The Morgan fingerprint density at radius 2 is 2.28 bits per heavy atom. The monoisotopic (exact) mass is 372 g/mol. The van der Waals surface area contributed by atoms with Gasteiger partial charge in [-0.3, -0.25) is 14.9 Å². The molecule has 98 valence electrons. The summed E-state index contributed by atoms with van der Waals surface area (Å²) in [6, 6.07) is 0. The Morgan fingerprint density at radius 1 is 1.67 bits per heavy atom. The van der Waals surface area contributed by atoms with E-state index < -0.39 is 35.0 Å². The molecule has 0 spiro atoms. The molecule has 0 N–H and O–H groups in total. The second-order valence-electron chi connectivity index (χ2n) is 3.15. The number of methoxy groups -OCH3 is 1. The minimum atomic E-state index is -3.07. The van der Waals surface area contributed by atoms with Crippen molar-refractivity contribution in [2.24, 2.45) is 0 Å². The van der Waals surface area contributed by atoms with Crippen LogP contribution >= 0.6 is 22.6 Å². The summed E-state index contributed by atoms with van der Waals surface area (Å²) in [6.07, 6.45) is -2.53. The maximum absolute atomic E-state index is 12.9. The van der Waals surface area contributed by atoms with Crippen molar-refractivity contribution in [3.63, 3.8) is 0 Å². The first-order valence-electron chi connectivity index (χ1n) is 4.55. The van der Waals surface area contributed by atoms with Crippen LogP contribution in [0.2, 0.25) is 0 Å². The number of carbonyl (C=O) groups excluding carboxylic acids is 1. The summed E-state index contributed by atoms with van der Waals surface area (Å²) < 4.78 is 30.0. The highest BCUT2D eigenvalue weighted by Crippen LogP contribution is 2.34. The second-order valence-corrected chi connectivity index (χ2v) is 4.17. The number of carbonyl (C=O) groups is 1. The van der Waals surface area contributed by atoms with Gasteiger partial charge in [-0.1, -0.05) is 0 Å². The Kier molecular flexibility index (Phi) is 4.87. The number of hydrogen-bond donors (Lipinski definition) is 0. The van der Waals surface area contributed by atoms with Crippen molar-refractivity contribution in [1.82, 2.24) is 4.98 Å². The first-order chi connectivity index (χ1) is 8.38. The molecule has 6 nitrogen and oxygen atoms in total. The largest absolute Gasteiger partial charge is 0.469 e. The molecule has 1 aromatic rings. The second kappa shape index (κ2) is 5.98. The van der Waals surface area contributed by atoms with Gasteiger partial charge in [-0.2, -0.15) is 0 Å². The molecule has 0 aromatic carbocycles. The van der Waals surface area contributed by atoms with Gasteiger partial charge in [0.2, 0.25) is 0 Å². The first-order valence-corrected chi connectivity index (χ1v) is 5.63.